The highest BCUT2D eigenvalue weighted by Crippen LogP contribution is 2.24. The van der Waals surface area contributed by atoms with Crippen molar-refractivity contribution in [3.63, 3.8) is 0 Å². The summed E-state index contributed by atoms with van der Waals surface area (Å²) in [5, 5.41) is 0. The summed E-state index contributed by atoms with van der Waals surface area (Å²) in [7, 11) is 1.59. The van der Waals surface area contributed by atoms with Crippen LogP contribution in [0.2, 0.25) is 0 Å². The Morgan fingerprint density at radius 1 is 1.52 bits per heavy atom. The van der Waals surface area contributed by atoms with Gasteiger partial charge in [-0.1, -0.05) is 0 Å². The van der Waals surface area contributed by atoms with E-state index < -0.39 is 0 Å². The molecule has 0 bridgehead atoms. The number of esters is 1. The Kier molecular flexibility index (Phi) is 5.36. The fourth-order valence-electron chi connectivity index (χ4n) is 2.56. The third-order valence-corrected chi connectivity index (χ3v) is 3.45. The van der Waals surface area contributed by atoms with Gasteiger partial charge in [-0.05, 0) is 32.6 Å². The molecular formula is C15H23N3O3. The number of ether oxygens (including phenoxy) is 2. The van der Waals surface area contributed by atoms with Crippen LogP contribution < -0.4 is 9.64 Å². The smallest absolute Gasteiger partial charge is 0.306 e. The summed E-state index contributed by atoms with van der Waals surface area (Å²) in [6, 6.07) is 1.73. The van der Waals surface area contributed by atoms with Crippen molar-refractivity contribution in [2.24, 2.45) is 5.92 Å². The predicted molar refractivity (Wildman–Crippen MR) is 79.4 cm³/mol. The molecule has 21 heavy (non-hydrogen) atoms. The minimum atomic E-state index is -0.122. The Morgan fingerprint density at radius 2 is 2.33 bits per heavy atom. The van der Waals surface area contributed by atoms with E-state index in [-0.39, 0.29) is 12.1 Å². The molecular weight excluding hydrogens is 270 g/mol. The zero-order valence-corrected chi connectivity index (χ0v) is 12.9. The minimum absolute atomic E-state index is 0.0566. The van der Waals surface area contributed by atoms with E-state index in [0.29, 0.717) is 24.2 Å². The van der Waals surface area contributed by atoms with Crippen molar-refractivity contribution < 1.29 is 14.3 Å². The molecule has 116 valence electrons. The van der Waals surface area contributed by atoms with E-state index in [2.05, 4.69) is 14.9 Å². The van der Waals surface area contributed by atoms with Crippen LogP contribution in [0.3, 0.4) is 0 Å². The SMILES string of the molecule is COc1ccnc(N2CCCC(CC(=O)OC(C)C)C2)n1. The van der Waals surface area contributed by atoms with Gasteiger partial charge in [0.1, 0.15) is 0 Å². The monoisotopic (exact) mass is 293 g/mol. The molecule has 1 unspecified atom stereocenters. The molecule has 0 saturated carbocycles. The highest BCUT2D eigenvalue weighted by atomic mass is 16.5. The van der Waals surface area contributed by atoms with Crippen LogP contribution in [0.1, 0.15) is 33.1 Å². The van der Waals surface area contributed by atoms with E-state index in [0.717, 1.165) is 25.9 Å². The Labute approximate surface area is 125 Å². The largest absolute Gasteiger partial charge is 0.481 e. The van der Waals surface area contributed by atoms with Crippen LogP contribution in [0, 0.1) is 5.92 Å². The van der Waals surface area contributed by atoms with Crippen molar-refractivity contribution in [1.82, 2.24) is 9.97 Å². The topological polar surface area (TPSA) is 64.5 Å². The van der Waals surface area contributed by atoms with Gasteiger partial charge in [0.05, 0.1) is 19.6 Å². The summed E-state index contributed by atoms with van der Waals surface area (Å²) >= 11 is 0. The number of anilines is 1. The highest BCUT2D eigenvalue weighted by molar-refractivity contribution is 5.70. The highest BCUT2D eigenvalue weighted by Gasteiger charge is 2.24. The summed E-state index contributed by atoms with van der Waals surface area (Å²) in [5.74, 6) is 1.39. The molecule has 2 rings (SSSR count). The lowest BCUT2D eigenvalue weighted by atomic mass is 9.95. The summed E-state index contributed by atoms with van der Waals surface area (Å²) < 4.78 is 10.4. The summed E-state index contributed by atoms with van der Waals surface area (Å²) in [4.78, 5) is 22.5. The molecule has 1 aliphatic heterocycles. The summed E-state index contributed by atoms with van der Waals surface area (Å²) in [5.41, 5.74) is 0. The fraction of sp³-hybridized carbons (Fsp3) is 0.667. The number of hydrogen-bond donors (Lipinski definition) is 0. The molecule has 1 fully saturated rings. The van der Waals surface area contributed by atoms with Crippen LogP contribution in [-0.4, -0.2) is 42.2 Å². The lowest BCUT2D eigenvalue weighted by Gasteiger charge is -2.32. The van der Waals surface area contributed by atoms with Gasteiger partial charge >= 0.3 is 5.97 Å². The van der Waals surface area contributed by atoms with Crippen molar-refractivity contribution in [2.45, 2.75) is 39.2 Å². The Balaban J connectivity index is 1.95. The predicted octanol–water partition coefficient (Wildman–Crippen LogP) is 2.04. The van der Waals surface area contributed by atoms with Crippen molar-refractivity contribution in [3.8, 4) is 5.88 Å². The van der Waals surface area contributed by atoms with Crippen molar-refractivity contribution in [3.05, 3.63) is 12.3 Å². The quantitative estimate of drug-likeness (QED) is 0.774. The van der Waals surface area contributed by atoms with Crippen LogP contribution >= 0.6 is 0 Å². The first-order valence-corrected chi connectivity index (χ1v) is 7.40. The van der Waals surface area contributed by atoms with E-state index >= 15 is 0 Å². The summed E-state index contributed by atoms with van der Waals surface area (Å²) in [6.45, 7) is 5.42. The maximum absolute atomic E-state index is 11.8. The van der Waals surface area contributed by atoms with Gasteiger partial charge in [0, 0.05) is 25.4 Å². The number of methoxy groups -OCH3 is 1. The fourth-order valence-corrected chi connectivity index (χ4v) is 2.56. The standard InChI is InChI=1S/C15H23N3O3/c1-11(2)21-14(19)9-12-5-4-8-18(10-12)15-16-7-6-13(17-15)20-3/h6-7,11-12H,4-5,8-10H2,1-3H3. The maximum atomic E-state index is 11.8. The van der Waals surface area contributed by atoms with Crippen molar-refractivity contribution in [1.29, 1.82) is 0 Å². The number of piperidine rings is 1. The molecule has 6 nitrogen and oxygen atoms in total. The van der Waals surface area contributed by atoms with E-state index in [1.165, 1.54) is 0 Å². The van der Waals surface area contributed by atoms with Gasteiger partial charge in [-0.2, -0.15) is 4.98 Å². The first kappa shape index (κ1) is 15.5. The molecule has 0 spiro atoms. The minimum Gasteiger partial charge on any atom is -0.481 e. The molecule has 0 aliphatic carbocycles. The number of rotatable bonds is 5. The number of hydrogen-bond acceptors (Lipinski definition) is 6. The molecule has 1 aliphatic rings. The molecule has 2 heterocycles. The molecule has 0 amide bonds. The third kappa shape index (κ3) is 4.58. The second-order valence-electron chi connectivity index (χ2n) is 5.60. The zero-order valence-electron chi connectivity index (χ0n) is 12.9. The average molecular weight is 293 g/mol. The maximum Gasteiger partial charge on any atom is 0.306 e. The molecule has 1 saturated heterocycles. The first-order valence-electron chi connectivity index (χ1n) is 7.40. The molecule has 0 aromatic carbocycles. The molecule has 1 aromatic rings. The lowest BCUT2D eigenvalue weighted by Crippen LogP contribution is -2.37. The Hall–Kier alpha value is -1.85. The number of aromatic nitrogens is 2. The van der Waals surface area contributed by atoms with Crippen LogP contribution in [0.4, 0.5) is 5.95 Å². The number of carbonyl (C=O) groups excluding carboxylic acids is 1. The summed E-state index contributed by atoms with van der Waals surface area (Å²) in [6.07, 6.45) is 4.16. The van der Waals surface area contributed by atoms with Crippen molar-refractivity contribution >= 4 is 11.9 Å². The van der Waals surface area contributed by atoms with Gasteiger partial charge in [-0.3, -0.25) is 4.79 Å². The second-order valence-corrected chi connectivity index (χ2v) is 5.60. The molecule has 1 aromatic heterocycles. The van der Waals surface area contributed by atoms with Gasteiger partial charge in [0.2, 0.25) is 11.8 Å². The van der Waals surface area contributed by atoms with Gasteiger partial charge in [-0.25, -0.2) is 4.98 Å². The Morgan fingerprint density at radius 3 is 3.05 bits per heavy atom. The van der Waals surface area contributed by atoms with Gasteiger partial charge < -0.3 is 14.4 Å². The van der Waals surface area contributed by atoms with Crippen LogP contribution in [0.25, 0.3) is 0 Å². The van der Waals surface area contributed by atoms with Crippen LogP contribution in [0.5, 0.6) is 5.88 Å². The molecule has 6 heteroatoms. The van der Waals surface area contributed by atoms with Crippen molar-refractivity contribution in [2.75, 3.05) is 25.1 Å². The third-order valence-electron chi connectivity index (χ3n) is 3.45. The van der Waals surface area contributed by atoms with Gasteiger partial charge in [-0.15, -0.1) is 0 Å². The van der Waals surface area contributed by atoms with E-state index in [1.54, 1.807) is 19.4 Å². The Bertz CT molecular complexity index is 479. The zero-order chi connectivity index (χ0) is 15.2. The van der Waals surface area contributed by atoms with Gasteiger partial charge in [0.25, 0.3) is 0 Å². The van der Waals surface area contributed by atoms with Crippen LogP contribution in [0.15, 0.2) is 12.3 Å². The van der Waals surface area contributed by atoms with E-state index in [9.17, 15) is 4.79 Å². The molecule has 0 N–H and O–H groups in total. The molecule has 1 atom stereocenters. The number of nitrogens with zero attached hydrogens (tertiary/aromatic N) is 3. The second kappa shape index (κ2) is 7.24. The molecule has 0 radical (unpaired) electrons. The van der Waals surface area contributed by atoms with E-state index in [4.69, 9.17) is 9.47 Å². The van der Waals surface area contributed by atoms with Gasteiger partial charge in [0.15, 0.2) is 0 Å². The first-order chi connectivity index (χ1) is 10.1. The number of carbonyl (C=O) groups is 1. The van der Waals surface area contributed by atoms with E-state index in [1.807, 2.05) is 13.8 Å². The van der Waals surface area contributed by atoms with Crippen LogP contribution in [-0.2, 0) is 9.53 Å². The average Bonchev–Trinajstić information content (AvgIpc) is 2.46. The normalized spacial score (nSPS) is 18.7. The lowest BCUT2D eigenvalue weighted by molar-refractivity contribution is -0.148.